The zero-order valence-corrected chi connectivity index (χ0v) is 13.5. The van der Waals surface area contributed by atoms with Gasteiger partial charge in [-0.05, 0) is 17.9 Å². The summed E-state index contributed by atoms with van der Waals surface area (Å²) in [7, 11) is 0. The minimum Gasteiger partial charge on any atom is -0.333 e. The summed E-state index contributed by atoms with van der Waals surface area (Å²) in [6.07, 6.45) is 1.23. The van der Waals surface area contributed by atoms with E-state index in [9.17, 15) is 9.59 Å². The minimum atomic E-state index is -0.411. The lowest BCUT2D eigenvalue weighted by Crippen LogP contribution is -3.15. The number of likely N-dealkylation sites (tertiary alicyclic amines) is 1. The minimum absolute atomic E-state index is 0.199. The zero-order valence-electron chi connectivity index (χ0n) is 12.6. The molecule has 5 nitrogen and oxygen atoms in total. The summed E-state index contributed by atoms with van der Waals surface area (Å²) in [5, 5.41) is 7.08. The van der Waals surface area contributed by atoms with Crippen molar-refractivity contribution in [2.75, 3.05) is 19.6 Å². The van der Waals surface area contributed by atoms with Crippen LogP contribution in [0.1, 0.15) is 25.1 Å². The molecule has 0 saturated carbocycles. The van der Waals surface area contributed by atoms with Crippen molar-refractivity contribution in [1.29, 1.82) is 0 Å². The van der Waals surface area contributed by atoms with Gasteiger partial charge >= 0.3 is 6.03 Å². The summed E-state index contributed by atoms with van der Waals surface area (Å²) in [4.78, 5) is 25.9. The Labute approximate surface area is 129 Å². The Morgan fingerprint density at radius 3 is 2.67 bits per heavy atom. The molecule has 6 heteroatoms. The molecule has 2 heterocycles. The molecule has 0 spiro atoms. The van der Waals surface area contributed by atoms with Crippen LogP contribution in [-0.4, -0.2) is 31.6 Å². The molecule has 2 atom stereocenters. The van der Waals surface area contributed by atoms with Gasteiger partial charge in [-0.2, -0.15) is 0 Å². The first kappa shape index (κ1) is 16.0. The van der Waals surface area contributed by atoms with Gasteiger partial charge in [0.15, 0.2) is 6.54 Å². The highest BCUT2D eigenvalue weighted by Gasteiger charge is 2.27. The van der Waals surface area contributed by atoms with E-state index in [4.69, 9.17) is 0 Å². The van der Waals surface area contributed by atoms with Crippen LogP contribution >= 0.6 is 11.3 Å². The van der Waals surface area contributed by atoms with Gasteiger partial charge < -0.3 is 10.2 Å². The predicted octanol–water partition coefficient (Wildman–Crippen LogP) is 0.635. The van der Waals surface area contributed by atoms with Crippen LogP contribution in [-0.2, 0) is 11.3 Å². The normalized spacial score (nSPS) is 25.3. The monoisotopic (exact) mass is 310 g/mol. The van der Waals surface area contributed by atoms with E-state index in [0.29, 0.717) is 24.9 Å². The molecule has 3 amide bonds. The molecule has 1 aromatic heterocycles. The van der Waals surface area contributed by atoms with Crippen molar-refractivity contribution in [3.05, 3.63) is 22.4 Å². The van der Waals surface area contributed by atoms with E-state index in [-0.39, 0.29) is 5.91 Å². The molecular formula is C15H24N3O2S+. The maximum atomic E-state index is 11.9. The fourth-order valence-corrected chi connectivity index (χ4v) is 3.73. The summed E-state index contributed by atoms with van der Waals surface area (Å²) in [6.45, 7) is 7.30. The van der Waals surface area contributed by atoms with E-state index in [2.05, 4.69) is 24.5 Å². The number of urea groups is 1. The molecule has 1 saturated heterocycles. The van der Waals surface area contributed by atoms with Gasteiger partial charge in [0.1, 0.15) is 0 Å². The van der Waals surface area contributed by atoms with Crippen LogP contribution in [0, 0.1) is 11.8 Å². The Morgan fingerprint density at radius 1 is 1.33 bits per heavy atom. The van der Waals surface area contributed by atoms with Crippen molar-refractivity contribution in [3.8, 4) is 0 Å². The standard InChI is InChI=1S/C15H23N3O2S/c1-11-6-12(2)9-18(8-11)10-14(19)17-15(20)16-7-13-4-3-5-21-13/h3-5,11-12H,6-10H2,1-2H3,(H2,16,17,19,20)/p+1/t11-,12-/m0/s1. The topological polar surface area (TPSA) is 62.6 Å². The van der Waals surface area contributed by atoms with Crippen molar-refractivity contribution < 1.29 is 14.5 Å². The lowest BCUT2D eigenvalue weighted by atomic mass is 9.92. The van der Waals surface area contributed by atoms with Crippen molar-refractivity contribution in [2.24, 2.45) is 11.8 Å². The van der Waals surface area contributed by atoms with Gasteiger partial charge in [-0.25, -0.2) is 4.79 Å². The number of carbonyl (C=O) groups excluding carboxylic acids is 2. The van der Waals surface area contributed by atoms with Crippen LogP contribution in [0.2, 0.25) is 0 Å². The SMILES string of the molecule is C[C@H]1C[C@H](C)C[NH+](CC(=O)NC(=O)NCc2cccs2)C1. The average molecular weight is 310 g/mol. The number of carbonyl (C=O) groups is 2. The van der Waals surface area contributed by atoms with Gasteiger partial charge in [-0.3, -0.25) is 10.1 Å². The smallest absolute Gasteiger partial charge is 0.321 e. The number of hydrogen-bond donors (Lipinski definition) is 3. The highest BCUT2D eigenvalue weighted by molar-refractivity contribution is 7.09. The number of amides is 3. The first-order valence-corrected chi connectivity index (χ1v) is 8.34. The van der Waals surface area contributed by atoms with Gasteiger partial charge in [0.2, 0.25) is 0 Å². The van der Waals surface area contributed by atoms with E-state index < -0.39 is 6.03 Å². The molecule has 116 valence electrons. The fourth-order valence-electron chi connectivity index (χ4n) is 3.09. The van der Waals surface area contributed by atoms with E-state index in [0.717, 1.165) is 18.0 Å². The molecule has 0 aromatic carbocycles. The molecule has 0 radical (unpaired) electrons. The number of rotatable bonds is 4. The highest BCUT2D eigenvalue weighted by atomic mass is 32.1. The van der Waals surface area contributed by atoms with Gasteiger partial charge in [0.05, 0.1) is 19.6 Å². The molecule has 1 aromatic rings. The van der Waals surface area contributed by atoms with Gasteiger partial charge in [0.25, 0.3) is 5.91 Å². The molecule has 1 fully saturated rings. The number of nitrogens with one attached hydrogen (secondary N) is 3. The Hall–Kier alpha value is -1.40. The number of quaternary nitrogens is 1. The Morgan fingerprint density at radius 2 is 2.05 bits per heavy atom. The molecule has 0 bridgehead atoms. The summed E-state index contributed by atoms with van der Waals surface area (Å²) in [5.41, 5.74) is 0. The van der Waals surface area contributed by atoms with Crippen LogP contribution < -0.4 is 15.5 Å². The third kappa shape index (κ3) is 5.47. The third-order valence-electron chi connectivity index (χ3n) is 3.75. The third-order valence-corrected chi connectivity index (χ3v) is 4.62. The largest absolute Gasteiger partial charge is 0.333 e. The molecule has 0 aliphatic carbocycles. The molecule has 21 heavy (non-hydrogen) atoms. The second kappa shape index (κ2) is 7.56. The lowest BCUT2D eigenvalue weighted by molar-refractivity contribution is -0.904. The van der Waals surface area contributed by atoms with Crippen LogP contribution in [0.4, 0.5) is 4.79 Å². The number of piperidine rings is 1. The maximum absolute atomic E-state index is 11.9. The number of thiophene rings is 1. The lowest BCUT2D eigenvalue weighted by Gasteiger charge is -2.31. The number of imide groups is 1. The highest BCUT2D eigenvalue weighted by Crippen LogP contribution is 2.11. The average Bonchev–Trinajstić information content (AvgIpc) is 2.87. The van der Waals surface area contributed by atoms with E-state index in [1.807, 2.05) is 17.5 Å². The summed E-state index contributed by atoms with van der Waals surface area (Å²) in [5.74, 6) is 1.09. The summed E-state index contributed by atoms with van der Waals surface area (Å²) in [6, 6.07) is 3.48. The van der Waals surface area contributed by atoms with E-state index in [1.165, 1.54) is 11.3 Å². The summed E-state index contributed by atoms with van der Waals surface area (Å²) >= 11 is 1.58. The fraction of sp³-hybridized carbons (Fsp3) is 0.600. The van der Waals surface area contributed by atoms with Crippen molar-refractivity contribution in [1.82, 2.24) is 10.6 Å². The second-order valence-corrected chi connectivity index (χ2v) is 7.12. The predicted molar refractivity (Wildman–Crippen MR) is 83.2 cm³/mol. The molecule has 3 N–H and O–H groups in total. The molecule has 1 aliphatic heterocycles. The maximum Gasteiger partial charge on any atom is 0.321 e. The summed E-state index contributed by atoms with van der Waals surface area (Å²) < 4.78 is 0. The molecule has 1 aliphatic rings. The Bertz CT molecular complexity index is 465. The van der Waals surface area contributed by atoms with Crippen LogP contribution in [0.15, 0.2) is 17.5 Å². The van der Waals surface area contributed by atoms with Crippen LogP contribution in [0.25, 0.3) is 0 Å². The molecular weight excluding hydrogens is 286 g/mol. The van der Waals surface area contributed by atoms with Gasteiger partial charge in [0, 0.05) is 16.7 Å². The number of hydrogen-bond acceptors (Lipinski definition) is 3. The first-order valence-electron chi connectivity index (χ1n) is 7.46. The van der Waals surface area contributed by atoms with Crippen molar-refractivity contribution in [2.45, 2.75) is 26.8 Å². The van der Waals surface area contributed by atoms with Crippen LogP contribution in [0.3, 0.4) is 0 Å². The second-order valence-electron chi connectivity index (χ2n) is 6.09. The quantitative estimate of drug-likeness (QED) is 0.764. The first-order chi connectivity index (χ1) is 10.0. The van der Waals surface area contributed by atoms with E-state index >= 15 is 0 Å². The van der Waals surface area contributed by atoms with Crippen LogP contribution in [0.5, 0.6) is 0 Å². The van der Waals surface area contributed by atoms with Crippen molar-refractivity contribution in [3.63, 3.8) is 0 Å². The molecule has 2 rings (SSSR count). The Kier molecular flexibility index (Phi) is 5.76. The van der Waals surface area contributed by atoms with Gasteiger partial charge in [-0.15, -0.1) is 11.3 Å². The van der Waals surface area contributed by atoms with E-state index in [1.54, 1.807) is 11.3 Å². The molecule has 0 unspecified atom stereocenters. The zero-order chi connectivity index (χ0) is 15.2. The van der Waals surface area contributed by atoms with Crippen molar-refractivity contribution >= 4 is 23.3 Å². The van der Waals surface area contributed by atoms with Gasteiger partial charge in [-0.1, -0.05) is 19.9 Å². The Balaban J connectivity index is 1.69.